The van der Waals surface area contributed by atoms with Crippen LogP contribution in [0.1, 0.15) is 53.4 Å². The summed E-state index contributed by atoms with van der Waals surface area (Å²) in [4.78, 5) is 2.46. The molecule has 0 aliphatic carbocycles. The zero-order valence-electron chi connectivity index (χ0n) is 12.0. The second-order valence-corrected chi connectivity index (χ2v) is 5.13. The van der Waals surface area contributed by atoms with E-state index in [1.54, 1.807) is 0 Å². The predicted molar refractivity (Wildman–Crippen MR) is 73.6 cm³/mol. The second-order valence-electron chi connectivity index (χ2n) is 5.13. The number of hydrogen-bond donors (Lipinski definition) is 1. The van der Waals surface area contributed by atoms with Crippen molar-refractivity contribution < 1.29 is 0 Å². The van der Waals surface area contributed by atoms with Crippen molar-refractivity contribution in [2.24, 2.45) is 11.7 Å². The minimum Gasteiger partial charge on any atom is -0.313 e. The van der Waals surface area contributed by atoms with Gasteiger partial charge in [-0.1, -0.05) is 34.1 Å². The Kier molecular flexibility index (Phi) is 8.20. The van der Waals surface area contributed by atoms with E-state index in [9.17, 15) is 0 Å². The third-order valence-electron chi connectivity index (χ3n) is 3.66. The minimum absolute atomic E-state index is 0.615. The first-order valence-electron chi connectivity index (χ1n) is 6.93. The van der Waals surface area contributed by atoms with Gasteiger partial charge in [-0.15, -0.1) is 0 Å². The lowest BCUT2D eigenvalue weighted by Crippen LogP contribution is -2.38. The van der Waals surface area contributed by atoms with Crippen LogP contribution in [0.3, 0.4) is 0 Å². The van der Waals surface area contributed by atoms with Gasteiger partial charge in [0.25, 0.3) is 0 Å². The van der Waals surface area contributed by atoms with E-state index in [1.165, 1.54) is 6.42 Å². The summed E-state index contributed by atoms with van der Waals surface area (Å²) in [5.41, 5.74) is 5.36. The third-order valence-corrected chi connectivity index (χ3v) is 3.66. The van der Waals surface area contributed by atoms with E-state index < -0.39 is 5.54 Å². The van der Waals surface area contributed by atoms with E-state index in [2.05, 4.69) is 31.7 Å². The molecule has 0 saturated carbocycles. The fraction of sp³-hybridized carbons (Fsp3) is 0.929. The molecule has 0 aromatic heterocycles. The molecule has 0 saturated heterocycles. The molecule has 0 fully saturated rings. The first-order chi connectivity index (χ1) is 8.01. The minimum atomic E-state index is -0.615. The van der Waals surface area contributed by atoms with E-state index in [0.717, 1.165) is 44.8 Å². The Bertz CT molecular complexity index is 234. The van der Waals surface area contributed by atoms with Gasteiger partial charge in [0.1, 0.15) is 5.54 Å². The fourth-order valence-electron chi connectivity index (χ4n) is 1.88. The van der Waals surface area contributed by atoms with Gasteiger partial charge in [-0.05, 0) is 38.3 Å². The summed E-state index contributed by atoms with van der Waals surface area (Å²) in [7, 11) is 0. The molecule has 100 valence electrons. The lowest BCUT2D eigenvalue weighted by atomic mass is 9.93. The maximum Gasteiger partial charge on any atom is 0.104 e. The maximum atomic E-state index is 9.00. The fourth-order valence-corrected chi connectivity index (χ4v) is 1.88. The van der Waals surface area contributed by atoms with Crippen molar-refractivity contribution >= 4 is 0 Å². The zero-order chi connectivity index (χ0) is 13.3. The zero-order valence-corrected chi connectivity index (χ0v) is 12.0. The number of hydrogen-bond acceptors (Lipinski definition) is 3. The van der Waals surface area contributed by atoms with Crippen molar-refractivity contribution in [2.75, 3.05) is 19.6 Å². The molecule has 0 aliphatic rings. The van der Waals surface area contributed by atoms with Crippen LogP contribution in [-0.2, 0) is 0 Å². The molecule has 0 bridgehead atoms. The Balaban J connectivity index is 3.96. The average Bonchev–Trinajstić information content (AvgIpc) is 2.36. The Morgan fingerprint density at radius 1 is 1.35 bits per heavy atom. The topological polar surface area (TPSA) is 53.0 Å². The summed E-state index contributed by atoms with van der Waals surface area (Å²) < 4.78 is 0. The van der Waals surface area contributed by atoms with Crippen molar-refractivity contribution in [1.82, 2.24) is 4.90 Å². The van der Waals surface area contributed by atoms with Crippen LogP contribution in [0, 0.1) is 17.2 Å². The molecular formula is C14H29N3. The van der Waals surface area contributed by atoms with Crippen LogP contribution in [0.2, 0.25) is 0 Å². The highest BCUT2D eigenvalue weighted by Crippen LogP contribution is 2.14. The van der Waals surface area contributed by atoms with Gasteiger partial charge < -0.3 is 10.6 Å². The normalized spacial score (nSPS) is 16.5. The molecule has 0 spiro atoms. The molecule has 3 nitrogen and oxygen atoms in total. The predicted octanol–water partition coefficient (Wildman–Crippen LogP) is 2.77. The molecule has 2 atom stereocenters. The highest BCUT2D eigenvalue weighted by Gasteiger charge is 2.21. The molecule has 0 amide bonds. The van der Waals surface area contributed by atoms with Gasteiger partial charge in [0, 0.05) is 6.54 Å². The highest BCUT2D eigenvalue weighted by molar-refractivity contribution is 5.03. The largest absolute Gasteiger partial charge is 0.313 e. The van der Waals surface area contributed by atoms with Crippen LogP contribution in [-0.4, -0.2) is 30.1 Å². The number of rotatable bonds is 9. The van der Waals surface area contributed by atoms with Gasteiger partial charge in [0.05, 0.1) is 6.07 Å². The summed E-state index contributed by atoms with van der Waals surface area (Å²) in [6.07, 6.45) is 3.78. The smallest absolute Gasteiger partial charge is 0.104 e. The average molecular weight is 239 g/mol. The molecule has 0 aromatic carbocycles. The summed E-state index contributed by atoms with van der Waals surface area (Å²) in [5, 5.41) is 9.00. The number of nitriles is 1. The summed E-state index contributed by atoms with van der Waals surface area (Å²) >= 11 is 0. The van der Waals surface area contributed by atoms with Crippen molar-refractivity contribution in [3.05, 3.63) is 0 Å². The van der Waals surface area contributed by atoms with Crippen LogP contribution in [0.5, 0.6) is 0 Å². The molecular weight excluding hydrogens is 210 g/mol. The van der Waals surface area contributed by atoms with E-state index in [0.29, 0.717) is 0 Å². The van der Waals surface area contributed by atoms with Crippen molar-refractivity contribution in [2.45, 2.75) is 58.9 Å². The summed E-state index contributed by atoms with van der Waals surface area (Å²) in [6.45, 7) is 12.0. The van der Waals surface area contributed by atoms with Crippen LogP contribution >= 0.6 is 0 Å². The van der Waals surface area contributed by atoms with E-state index in [4.69, 9.17) is 11.0 Å². The van der Waals surface area contributed by atoms with Crippen molar-refractivity contribution in [3.63, 3.8) is 0 Å². The summed E-state index contributed by atoms with van der Waals surface area (Å²) in [5.74, 6) is 0.750. The molecule has 0 rings (SSSR count). The Morgan fingerprint density at radius 3 is 2.41 bits per heavy atom. The molecule has 0 aromatic rings. The Morgan fingerprint density at radius 2 is 2.00 bits per heavy atom. The Hall–Kier alpha value is -0.590. The lowest BCUT2D eigenvalue weighted by molar-refractivity contribution is 0.235. The molecule has 17 heavy (non-hydrogen) atoms. The lowest BCUT2D eigenvalue weighted by Gasteiger charge is -2.25. The van der Waals surface area contributed by atoms with Gasteiger partial charge in [0.15, 0.2) is 0 Å². The first kappa shape index (κ1) is 16.4. The maximum absolute atomic E-state index is 9.00. The second kappa shape index (κ2) is 8.49. The molecule has 2 N–H and O–H groups in total. The molecule has 0 heterocycles. The van der Waals surface area contributed by atoms with Crippen LogP contribution in [0.15, 0.2) is 0 Å². The van der Waals surface area contributed by atoms with E-state index in [-0.39, 0.29) is 0 Å². The molecule has 3 heteroatoms. The number of nitrogens with zero attached hydrogens (tertiary/aromatic N) is 2. The van der Waals surface area contributed by atoms with E-state index in [1.807, 2.05) is 6.92 Å². The monoisotopic (exact) mass is 239 g/mol. The van der Waals surface area contributed by atoms with Crippen LogP contribution in [0.4, 0.5) is 0 Å². The van der Waals surface area contributed by atoms with Crippen LogP contribution in [0.25, 0.3) is 0 Å². The van der Waals surface area contributed by atoms with Gasteiger partial charge in [-0.2, -0.15) is 5.26 Å². The van der Waals surface area contributed by atoms with Gasteiger partial charge in [0.2, 0.25) is 0 Å². The first-order valence-corrected chi connectivity index (χ1v) is 6.93. The SMILES string of the molecule is CCC(C)CN(CC)CCCC(N)(C#N)CC. The van der Waals surface area contributed by atoms with Gasteiger partial charge in [-0.3, -0.25) is 0 Å². The molecule has 0 radical (unpaired) electrons. The standard InChI is InChI=1S/C14H29N3/c1-5-13(4)11-17(7-3)10-8-9-14(16,6-2)12-15/h13H,5-11,16H2,1-4H3. The Labute approximate surface area is 107 Å². The molecule has 2 unspecified atom stereocenters. The summed E-state index contributed by atoms with van der Waals surface area (Å²) in [6, 6.07) is 2.23. The van der Waals surface area contributed by atoms with Gasteiger partial charge in [-0.25, -0.2) is 0 Å². The quantitative estimate of drug-likeness (QED) is 0.673. The number of nitrogens with two attached hydrogens (primary N) is 1. The third kappa shape index (κ3) is 6.65. The van der Waals surface area contributed by atoms with Crippen LogP contribution < -0.4 is 5.73 Å². The van der Waals surface area contributed by atoms with Crippen molar-refractivity contribution in [3.8, 4) is 6.07 Å². The van der Waals surface area contributed by atoms with E-state index >= 15 is 0 Å². The molecule has 0 aliphatic heterocycles. The van der Waals surface area contributed by atoms with Crippen molar-refractivity contribution in [1.29, 1.82) is 5.26 Å². The highest BCUT2D eigenvalue weighted by atomic mass is 15.1. The van der Waals surface area contributed by atoms with Gasteiger partial charge >= 0.3 is 0 Å².